The molecule has 3 aromatic rings. The summed E-state index contributed by atoms with van der Waals surface area (Å²) in [7, 11) is 0. The first-order valence-electron chi connectivity index (χ1n) is 13.7. The lowest BCUT2D eigenvalue weighted by atomic mass is 9.91. The number of aliphatic hydroxyl groups is 3. The van der Waals surface area contributed by atoms with Gasteiger partial charge in [0.15, 0.2) is 11.4 Å². The average molecular weight is 544 g/mol. The number of aliphatic hydroxyl groups excluding tert-OH is 1. The molecule has 0 aromatic carbocycles. The topological polar surface area (TPSA) is 137 Å². The number of nitrogens with zero attached hydrogens (tertiary/aromatic N) is 3. The van der Waals surface area contributed by atoms with E-state index in [1.165, 1.54) is 13.8 Å². The Labute approximate surface area is 233 Å². The molecule has 0 amide bonds. The fourth-order valence-electron chi connectivity index (χ4n) is 3.72. The zero-order valence-corrected chi connectivity index (χ0v) is 25.4. The Bertz CT molecular complexity index is 1190. The standard InChI is InChI=1S/C27H41N5O2.C3H8O2/c1-9-18(15-33)10-11-28-24-23(17(2)31-25(32-24)30-16-26(3,4)5)20-12-19-13-22(27(6,7)8)29-14-21(19)34-20;1-3(2,4)5/h12-14,18,33H,9-11,15-16H2,1-8H3,(H2,28,30,31,32);4-5H,1-2H3. The van der Waals surface area contributed by atoms with Crippen LogP contribution in [0, 0.1) is 18.3 Å². The third-order valence-electron chi connectivity index (χ3n) is 5.97. The third-order valence-corrected chi connectivity index (χ3v) is 5.97. The van der Waals surface area contributed by atoms with Crippen LogP contribution < -0.4 is 10.6 Å². The molecule has 3 aromatic heterocycles. The van der Waals surface area contributed by atoms with Crippen molar-refractivity contribution >= 4 is 22.7 Å². The predicted molar refractivity (Wildman–Crippen MR) is 159 cm³/mol. The van der Waals surface area contributed by atoms with Gasteiger partial charge in [-0.1, -0.05) is 54.9 Å². The number of hydrogen-bond acceptors (Lipinski definition) is 9. The van der Waals surface area contributed by atoms with Gasteiger partial charge in [-0.3, -0.25) is 4.98 Å². The Morgan fingerprint density at radius 2 is 1.62 bits per heavy atom. The van der Waals surface area contributed by atoms with Gasteiger partial charge in [0.25, 0.3) is 0 Å². The van der Waals surface area contributed by atoms with Crippen LogP contribution >= 0.6 is 0 Å². The van der Waals surface area contributed by atoms with Crippen LogP contribution in [0.3, 0.4) is 0 Å². The molecule has 3 heterocycles. The second kappa shape index (κ2) is 13.1. The maximum atomic E-state index is 9.57. The molecule has 0 radical (unpaired) electrons. The van der Waals surface area contributed by atoms with Gasteiger partial charge in [0.05, 0.1) is 17.5 Å². The number of pyridine rings is 1. The predicted octanol–water partition coefficient (Wildman–Crippen LogP) is 5.88. The first kappa shape index (κ1) is 32.5. The van der Waals surface area contributed by atoms with E-state index in [4.69, 9.17) is 24.6 Å². The zero-order chi connectivity index (χ0) is 29.6. The van der Waals surface area contributed by atoms with E-state index in [1.807, 2.05) is 13.0 Å². The number of furan rings is 1. The summed E-state index contributed by atoms with van der Waals surface area (Å²) in [4.78, 5) is 14.2. The van der Waals surface area contributed by atoms with Crippen LogP contribution in [0.15, 0.2) is 22.7 Å². The van der Waals surface area contributed by atoms with Crippen LogP contribution in [0.25, 0.3) is 22.3 Å². The number of aryl methyl sites for hydroxylation is 1. The molecule has 0 spiro atoms. The zero-order valence-electron chi connectivity index (χ0n) is 25.4. The molecule has 218 valence electrons. The molecule has 9 heteroatoms. The Morgan fingerprint density at radius 3 is 2.15 bits per heavy atom. The monoisotopic (exact) mass is 543 g/mol. The molecule has 39 heavy (non-hydrogen) atoms. The van der Waals surface area contributed by atoms with E-state index in [9.17, 15) is 5.11 Å². The summed E-state index contributed by atoms with van der Waals surface area (Å²) in [6.45, 7) is 21.3. The van der Waals surface area contributed by atoms with Gasteiger partial charge in [-0.25, -0.2) is 4.98 Å². The molecule has 3 rings (SSSR count). The van der Waals surface area contributed by atoms with E-state index in [0.29, 0.717) is 12.5 Å². The highest BCUT2D eigenvalue weighted by atomic mass is 16.5. The minimum absolute atomic E-state index is 0.0414. The summed E-state index contributed by atoms with van der Waals surface area (Å²) < 4.78 is 6.22. The lowest BCUT2D eigenvalue weighted by Crippen LogP contribution is -2.21. The van der Waals surface area contributed by atoms with Gasteiger partial charge in [-0.2, -0.15) is 4.98 Å². The first-order chi connectivity index (χ1) is 17.9. The van der Waals surface area contributed by atoms with E-state index in [-0.39, 0.29) is 23.4 Å². The van der Waals surface area contributed by atoms with E-state index >= 15 is 0 Å². The lowest BCUT2D eigenvalue weighted by Gasteiger charge is -2.20. The number of rotatable bonds is 9. The average Bonchev–Trinajstić information content (AvgIpc) is 3.21. The fourth-order valence-corrected chi connectivity index (χ4v) is 3.72. The van der Waals surface area contributed by atoms with Crippen molar-refractivity contribution < 1.29 is 19.7 Å². The van der Waals surface area contributed by atoms with Crippen molar-refractivity contribution in [3.8, 4) is 11.3 Å². The van der Waals surface area contributed by atoms with Gasteiger partial charge < -0.3 is 30.4 Å². The number of nitrogens with one attached hydrogen (secondary N) is 2. The Morgan fingerprint density at radius 1 is 0.974 bits per heavy atom. The number of fused-ring (bicyclic) bond motifs is 1. The molecule has 0 fully saturated rings. The van der Waals surface area contributed by atoms with Crippen molar-refractivity contribution in [1.29, 1.82) is 0 Å². The summed E-state index contributed by atoms with van der Waals surface area (Å²) in [5, 5.41) is 33.6. The molecule has 1 unspecified atom stereocenters. The van der Waals surface area contributed by atoms with Gasteiger partial charge in [0, 0.05) is 36.2 Å². The second-order valence-corrected chi connectivity index (χ2v) is 12.9. The van der Waals surface area contributed by atoms with Crippen molar-refractivity contribution in [2.45, 2.75) is 93.3 Å². The van der Waals surface area contributed by atoms with Gasteiger partial charge >= 0.3 is 0 Å². The first-order valence-corrected chi connectivity index (χ1v) is 13.7. The summed E-state index contributed by atoms with van der Waals surface area (Å²) in [5.41, 5.74) is 3.53. The largest absolute Gasteiger partial charge is 0.454 e. The van der Waals surface area contributed by atoms with Crippen LogP contribution in [0.4, 0.5) is 11.8 Å². The molecule has 0 aliphatic carbocycles. The molecule has 0 saturated carbocycles. The normalized spacial score (nSPS) is 13.2. The lowest BCUT2D eigenvalue weighted by molar-refractivity contribution is -0.127. The van der Waals surface area contributed by atoms with Crippen molar-refractivity contribution in [3.05, 3.63) is 29.7 Å². The van der Waals surface area contributed by atoms with Crippen LogP contribution in [-0.2, 0) is 5.41 Å². The molecule has 5 N–H and O–H groups in total. The molecule has 0 aliphatic heterocycles. The van der Waals surface area contributed by atoms with E-state index < -0.39 is 5.79 Å². The SMILES string of the molecule is CC(C)(O)O.CCC(CO)CCNc1nc(NCC(C)(C)C)nc(C)c1-c1cc2cc(C(C)(C)C)ncc2o1. The number of aromatic nitrogens is 3. The summed E-state index contributed by atoms with van der Waals surface area (Å²) in [5.74, 6) is 0.824. The van der Waals surface area contributed by atoms with Crippen molar-refractivity contribution in [3.63, 3.8) is 0 Å². The van der Waals surface area contributed by atoms with Gasteiger partial charge in [-0.15, -0.1) is 0 Å². The highest BCUT2D eigenvalue weighted by Gasteiger charge is 2.21. The summed E-state index contributed by atoms with van der Waals surface area (Å²) >= 11 is 0. The maximum Gasteiger partial charge on any atom is 0.224 e. The summed E-state index contributed by atoms with van der Waals surface area (Å²) in [6, 6.07) is 4.14. The Balaban J connectivity index is 0.000000976. The molecule has 0 aliphatic rings. The van der Waals surface area contributed by atoms with Crippen molar-refractivity contribution in [2.75, 3.05) is 30.3 Å². The fraction of sp³-hybridized carbons (Fsp3) is 0.633. The molecule has 9 nitrogen and oxygen atoms in total. The molecular formula is C30H49N5O4. The van der Waals surface area contributed by atoms with E-state index in [2.05, 4.69) is 70.2 Å². The molecular weight excluding hydrogens is 494 g/mol. The van der Waals surface area contributed by atoms with Crippen molar-refractivity contribution in [2.24, 2.45) is 11.3 Å². The quantitative estimate of drug-likeness (QED) is 0.210. The van der Waals surface area contributed by atoms with Crippen LogP contribution in [-0.4, -0.2) is 55.8 Å². The number of hydrogen-bond donors (Lipinski definition) is 5. The second-order valence-electron chi connectivity index (χ2n) is 12.9. The van der Waals surface area contributed by atoms with Crippen LogP contribution in [0.5, 0.6) is 0 Å². The van der Waals surface area contributed by atoms with E-state index in [1.54, 1.807) is 6.20 Å². The minimum Gasteiger partial charge on any atom is -0.454 e. The highest BCUT2D eigenvalue weighted by Crippen LogP contribution is 2.35. The smallest absolute Gasteiger partial charge is 0.224 e. The van der Waals surface area contributed by atoms with Gasteiger partial charge in [-0.05, 0) is 50.7 Å². The Hall–Kier alpha value is -2.75. The van der Waals surface area contributed by atoms with E-state index in [0.717, 1.165) is 58.9 Å². The van der Waals surface area contributed by atoms with Gasteiger partial charge in [0.2, 0.25) is 5.95 Å². The van der Waals surface area contributed by atoms with Crippen molar-refractivity contribution in [1.82, 2.24) is 15.0 Å². The third kappa shape index (κ3) is 10.7. The van der Waals surface area contributed by atoms with Crippen LogP contribution in [0.1, 0.15) is 86.5 Å². The molecule has 0 saturated heterocycles. The Kier molecular flexibility index (Phi) is 10.9. The maximum absolute atomic E-state index is 9.57. The minimum atomic E-state index is -1.50. The molecule has 0 bridgehead atoms. The van der Waals surface area contributed by atoms with Crippen LogP contribution in [0.2, 0.25) is 0 Å². The van der Waals surface area contributed by atoms with Gasteiger partial charge in [0.1, 0.15) is 11.6 Å². The highest BCUT2D eigenvalue weighted by molar-refractivity contribution is 5.86. The summed E-state index contributed by atoms with van der Waals surface area (Å²) in [6.07, 6.45) is 3.60. The molecule has 1 atom stereocenters. The number of anilines is 2.